The van der Waals surface area contributed by atoms with E-state index in [0.29, 0.717) is 6.42 Å². The van der Waals surface area contributed by atoms with Crippen LogP contribution in [0.4, 0.5) is 22.0 Å². The monoisotopic (exact) mass is 381 g/mol. The lowest BCUT2D eigenvalue weighted by atomic mass is 10.0. The Bertz CT molecular complexity index is 650. The van der Waals surface area contributed by atoms with Crippen LogP contribution in [0.25, 0.3) is 0 Å². The molecular weight excluding hydrogens is 361 g/mol. The van der Waals surface area contributed by atoms with E-state index in [1.54, 1.807) is 13.8 Å². The van der Waals surface area contributed by atoms with Crippen LogP contribution in [0, 0.1) is 35.0 Å². The molecule has 0 radical (unpaired) electrons. The van der Waals surface area contributed by atoms with Crippen molar-refractivity contribution in [2.75, 3.05) is 6.61 Å². The predicted molar refractivity (Wildman–Crippen MR) is 82.8 cm³/mol. The van der Waals surface area contributed by atoms with Crippen LogP contribution < -0.4 is 5.32 Å². The summed E-state index contributed by atoms with van der Waals surface area (Å²) in [4.78, 5) is 24.1. The van der Waals surface area contributed by atoms with Crippen LogP contribution in [0.1, 0.15) is 50.4 Å². The van der Waals surface area contributed by atoms with E-state index in [1.807, 2.05) is 12.2 Å². The average Bonchev–Trinajstić information content (AvgIpc) is 2.57. The summed E-state index contributed by atoms with van der Waals surface area (Å²) in [6.45, 7) is 5.39. The molecule has 0 saturated carbocycles. The summed E-state index contributed by atoms with van der Waals surface area (Å²) in [5.74, 6) is -13.9. The summed E-state index contributed by atoms with van der Waals surface area (Å²) in [5, 5.41) is 2.00. The molecule has 1 aromatic rings. The number of hydrogen-bond acceptors (Lipinski definition) is 3. The Morgan fingerprint density at radius 1 is 0.962 bits per heavy atom. The topological polar surface area (TPSA) is 55.4 Å². The van der Waals surface area contributed by atoms with Gasteiger partial charge in [-0.25, -0.2) is 26.7 Å². The minimum Gasteiger partial charge on any atom is -0.464 e. The molecule has 146 valence electrons. The van der Waals surface area contributed by atoms with Gasteiger partial charge in [0.1, 0.15) is 11.6 Å². The lowest BCUT2D eigenvalue weighted by Crippen LogP contribution is -2.43. The average molecular weight is 381 g/mol. The normalized spacial score (nSPS) is 12.2. The largest absolute Gasteiger partial charge is 0.464 e. The highest BCUT2D eigenvalue weighted by atomic mass is 19.2. The molecule has 0 aliphatic rings. The number of carbonyl (C=O) groups is 2. The van der Waals surface area contributed by atoms with E-state index in [2.05, 4.69) is 0 Å². The molecule has 0 saturated heterocycles. The summed E-state index contributed by atoms with van der Waals surface area (Å²) in [5.41, 5.74) is -1.64. The number of benzene rings is 1. The van der Waals surface area contributed by atoms with Gasteiger partial charge in [-0.15, -0.1) is 0 Å². The number of esters is 1. The van der Waals surface area contributed by atoms with E-state index in [9.17, 15) is 31.5 Å². The molecule has 0 aliphatic heterocycles. The lowest BCUT2D eigenvalue weighted by Gasteiger charge is -2.20. The summed E-state index contributed by atoms with van der Waals surface area (Å²) in [6, 6.07) is -1.28. The number of amides is 1. The highest BCUT2D eigenvalue weighted by Crippen LogP contribution is 2.23. The van der Waals surface area contributed by atoms with Crippen molar-refractivity contribution in [2.24, 2.45) is 5.92 Å². The second kappa shape index (κ2) is 9.49. The van der Waals surface area contributed by atoms with Gasteiger partial charge in [0.2, 0.25) is 5.82 Å². The number of nitrogens with one attached hydrogen (secondary N) is 1. The summed E-state index contributed by atoms with van der Waals surface area (Å²) in [6.07, 6.45) is 1.39. The van der Waals surface area contributed by atoms with Crippen molar-refractivity contribution in [3.8, 4) is 0 Å². The number of halogens is 5. The van der Waals surface area contributed by atoms with Crippen molar-refractivity contribution in [1.82, 2.24) is 5.32 Å². The molecule has 0 aromatic heterocycles. The van der Waals surface area contributed by atoms with E-state index in [0.717, 1.165) is 6.42 Å². The van der Waals surface area contributed by atoms with Gasteiger partial charge in [-0.1, -0.05) is 27.2 Å². The number of hydrogen-bond donors (Lipinski definition) is 1. The van der Waals surface area contributed by atoms with Crippen molar-refractivity contribution >= 4 is 11.9 Å². The second-order valence-electron chi connectivity index (χ2n) is 6.12. The Morgan fingerprint density at radius 3 is 1.92 bits per heavy atom. The fourth-order valence-electron chi connectivity index (χ4n) is 2.14. The molecule has 0 bridgehead atoms. The van der Waals surface area contributed by atoms with Crippen LogP contribution in [-0.4, -0.2) is 24.5 Å². The molecular formula is C17H20F5NO3. The first-order valence-corrected chi connectivity index (χ1v) is 8.10. The first-order valence-electron chi connectivity index (χ1n) is 8.10. The van der Waals surface area contributed by atoms with Crippen molar-refractivity contribution in [3.63, 3.8) is 0 Å². The molecule has 1 rings (SSSR count). The smallest absolute Gasteiger partial charge is 0.328 e. The minimum absolute atomic E-state index is 0.0616. The molecule has 1 atom stereocenters. The van der Waals surface area contributed by atoms with Gasteiger partial charge in [-0.05, 0) is 18.8 Å². The second-order valence-corrected chi connectivity index (χ2v) is 6.12. The van der Waals surface area contributed by atoms with Gasteiger partial charge < -0.3 is 10.1 Å². The zero-order valence-electron chi connectivity index (χ0n) is 14.6. The van der Waals surface area contributed by atoms with Crippen LogP contribution in [0.3, 0.4) is 0 Å². The van der Waals surface area contributed by atoms with Gasteiger partial charge in [0, 0.05) is 0 Å². The van der Waals surface area contributed by atoms with E-state index in [1.165, 1.54) is 0 Å². The SMILES string of the molecule is CCCCOC(=O)C(CC(C)C)NC(=O)c1c(F)c(F)c(F)c(F)c1F. The maximum absolute atomic E-state index is 13.7. The molecule has 1 unspecified atom stereocenters. The van der Waals surface area contributed by atoms with Gasteiger partial charge in [0.25, 0.3) is 5.91 Å². The molecule has 1 N–H and O–H groups in total. The van der Waals surface area contributed by atoms with Crippen LogP contribution in [0.2, 0.25) is 0 Å². The molecule has 26 heavy (non-hydrogen) atoms. The van der Waals surface area contributed by atoms with Crippen LogP contribution >= 0.6 is 0 Å². The van der Waals surface area contributed by atoms with Gasteiger partial charge in [-0.3, -0.25) is 4.79 Å². The zero-order chi connectivity index (χ0) is 20.0. The molecule has 1 aromatic carbocycles. The Hall–Kier alpha value is -2.19. The molecule has 1 amide bonds. The van der Waals surface area contributed by atoms with Crippen molar-refractivity contribution in [2.45, 2.75) is 46.1 Å². The molecule has 0 aliphatic carbocycles. The quantitative estimate of drug-likeness (QED) is 0.245. The van der Waals surface area contributed by atoms with Gasteiger partial charge in [0.05, 0.1) is 6.61 Å². The molecule has 9 heteroatoms. The van der Waals surface area contributed by atoms with Crippen molar-refractivity contribution < 1.29 is 36.3 Å². The van der Waals surface area contributed by atoms with Gasteiger partial charge in [-0.2, -0.15) is 0 Å². The van der Waals surface area contributed by atoms with Crippen molar-refractivity contribution in [1.29, 1.82) is 0 Å². The Labute approximate surface area is 147 Å². The molecule has 0 fully saturated rings. The standard InChI is InChI=1S/C17H20F5NO3/c1-4-5-6-26-17(25)9(7-8(2)3)23-16(24)10-11(18)13(20)15(22)14(21)12(10)19/h8-9H,4-7H2,1-3H3,(H,23,24). The van der Waals surface area contributed by atoms with Gasteiger partial charge >= 0.3 is 5.97 Å². The highest BCUT2D eigenvalue weighted by Gasteiger charge is 2.32. The zero-order valence-corrected chi connectivity index (χ0v) is 14.6. The summed E-state index contributed by atoms with van der Waals surface area (Å²) >= 11 is 0. The van der Waals surface area contributed by atoms with E-state index < -0.39 is 52.6 Å². The molecule has 4 nitrogen and oxygen atoms in total. The van der Waals surface area contributed by atoms with E-state index >= 15 is 0 Å². The number of unbranched alkanes of at least 4 members (excludes halogenated alkanes) is 1. The lowest BCUT2D eigenvalue weighted by molar-refractivity contribution is -0.146. The third kappa shape index (κ3) is 5.15. The maximum atomic E-state index is 13.7. The van der Waals surface area contributed by atoms with Crippen LogP contribution in [0.15, 0.2) is 0 Å². The minimum atomic E-state index is -2.37. The number of rotatable bonds is 8. The first kappa shape index (κ1) is 21.9. The van der Waals surface area contributed by atoms with E-state index in [4.69, 9.17) is 4.74 Å². The number of carbonyl (C=O) groups excluding carboxylic acids is 2. The Balaban J connectivity index is 3.09. The van der Waals surface area contributed by atoms with E-state index in [-0.39, 0.29) is 18.9 Å². The number of ether oxygens (including phenoxy) is 1. The van der Waals surface area contributed by atoms with Gasteiger partial charge in [0.15, 0.2) is 23.3 Å². The third-order valence-electron chi connectivity index (χ3n) is 3.48. The third-order valence-corrected chi connectivity index (χ3v) is 3.48. The molecule has 0 heterocycles. The molecule has 0 spiro atoms. The summed E-state index contributed by atoms with van der Waals surface area (Å²) < 4.78 is 71.9. The Kier molecular flexibility index (Phi) is 7.98. The Morgan fingerprint density at radius 2 is 1.46 bits per heavy atom. The van der Waals surface area contributed by atoms with Crippen LogP contribution in [0.5, 0.6) is 0 Å². The summed E-state index contributed by atoms with van der Waals surface area (Å²) in [7, 11) is 0. The van der Waals surface area contributed by atoms with Crippen LogP contribution in [-0.2, 0) is 9.53 Å². The highest BCUT2D eigenvalue weighted by molar-refractivity contribution is 5.97. The predicted octanol–water partition coefficient (Wildman–Crippen LogP) is 3.87. The fraction of sp³-hybridized carbons (Fsp3) is 0.529. The fourth-order valence-corrected chi connectivity index (χ4v) is 2.14. The van der Waals surface area contributed by atoms with Crippen molar-refractivity contribution in [3.05, 3.63) is 34.6 Å². The maximum Gasteiger partial charge on any atom is 0.328 e. The first-order chi connectivity index (χ1) is 12.1.